The van der Waals surface area contributed by atoms with Crippen molar-refractivity contribution in [2.75, 3.05) is 0 Å². The van der Waals surface area contributed by atoms with Gasteiger partial charge in [-0.3, -0.25) is 0 Å². The zero-order valence-electron chi connectivity index (χ0n) is 15.1. The molecule has 0 heterocycles. The van der Waals surface area contributed by atoms with Crippen molar-refractivity contribution in [2.45, 2.75) is 19.8 Å². The standard InChI is InChI=1S/C23H22O4/c1-15-4-2-5-16(12-15)8-9-17-6-3-7-18(13-17)10-11-19-22(26)20(24)14-21(25)23(19)27/h2-7,10-14,24-27H,8-9H2,1H3/b11-10+. The summed E-state index contributed by atoms with van der Waals surface area (Å²) < 4.78 is 0. The average Bonchev–Trinajstić information content (AvgIpc) is 2.65. The Hall–Kier alpha value is -3.40. The van der Waals surface area contributed by atoms with E-state index in [1.807, 2.05) is 18.2 Å². The summed E-state index contributed by atoms with van der Waals surface area (Å²) in [5.74, 6) is -1.93. The van der Waals surface area contributed by atoms with E-state index in [4.69, 9.17) is 0 Å². The molecule has 0 aromatic heterocycles. The maximum atomic E-state index is 9.90. The first kappa shape index (κ1) is 18.4. The van der Waals surface area contributed by atoms with E-state index in [2.05, 4.69) is 37.3 Å². The fraction of sp³-hybridized carbons (Fsp3) is 0.130. The molecule has 4 nitrogen and oxygen atoms in total. The molecule has 0 amide bonds. The number of aryl methyl sites for hydroxylation is 3. The third-order valence-electron chi connectivity index (χ3n) is 4.45. The number of benzene rings is 3. The van der Waals surface area contributed by atoms with E-state index < -0.39 is 23.0 Å². The normalized spacial score (nSPS) is 11.1. The van der Waals surface area contributed by atoms with Crippen LogP contribution in [0.2, 0.25) is 0 Å². The van der Waals surface area contributed by atoms with Gasteiger partial charge in [0, 0.05) is 6.07 Å². The highest BCUT2D eigenvalue weighted by atomic mass is 16.3. The van der Waals surface area contributed by atoms with E-state index in [1.165, 1.54) is 22.8 Å². The minimum Gasteiger partial charge on any atom is -0.504 e. The Labute approximate surface area is 158 Å². The monoisotopic (exact) mass is 362 g/mol. The van der Waals surface area contributed by atoms with Crippen LogP contribution in [0.3, 0.4) is 0 Å². The highest BCUT2D eigenvalue weighted by Gasteiger charge is 2.14. The highest BCUT2D eigenvalue weighted by molar-refractivity contribution is 5.79. The molecule has 0 saturated heterocycles. The SMILES string of the molecule is Cc1cccc(CCc2cccc(/C=C/c3c(O)c(O)cc(O)c3O)c2)c1. The number of hydrogen-bond acceptors (Lipinski definition) is 4. The van der Waals surface area contributed by atoms with Crippen molar-refractivity contribution in [3.8, 4) is 23.0 Å². The molecule has 4 heteroatoms. The third kappa shape index (κ3) is 4.42. The lowest BCUT2D eigenvalue weighted by molar-refractivity contribution is 0.371. The predicted molar refractivity (Wildman–Crippen MR) is 107 cm³/mol. The minimum absolute atomic E-state index is 0.0299. The molecule has 0 aliphatic carbocycles. The number of phenols is 4. The smallest absolute Gasteiger partial charge is 0.168 e. The van der Waals surface area contributed by atoms with Crippen LogP contribution in [0.25, 0.3) is 12.2 Å². The van der Waals surface area contributed by atoms with Gasteiger partial charge in [0.05, 0.1) is 5.56 Å². The van der Waals surface area contributed by atoms with Gasteiger partial charge < -0.3 is 20.4 Å². The minimum atomic E-state index is -0.489. The summed E-state index contributed by atoms with van der Waals surface area (Å²) in [4.78, 5) is 0. The molecule has 0 radical (unpaired) electrons. The molecule has 3 aromatic rings. The maximum absolute atomic E-state index is 9.90. The van der Waals surface area contributed by atoms with Crippen LogP contribution < -0.4 is 0 Å². The molecule has 0 aliphatic rings. The van der Waals surface area contributed by atoms with Crippen LogP contribution in [0.4, 0.5) is 0 Å². The van der Waals surface area contributed by atoms with Crippen molar-refractivity contribution in [3.05, 3.63) is 82.4 Å². The van der Waals surface area contributed by atoms with Crippen LogP contribution in [0, 0.1) is 6.92 Å². The van der Waals surface area contributed by atoms with E-state index in [9.17, 15) is 20.4 Å². The first-order valence-electron chi connectivity index (χ1n) is 8.73. The number of rotatable bonds is 5. The Morgan fingerprint density at radius 2 is 1.30 bits per heavy atom. The van der Waals surface area contributed by atoms with Gasteiger partial charge in [-0.1, -0.05) is 60.2 Å². The molecular weight excluding hydrogens is 340 g/mol. The van der Waals surface area contributed by atoms with Crippen LogP contribution >= 0.6 is 0 Å². The molecule has 3 aromatic carbocycles. The van der Waals surface area contributed by atoms with Crippen molar-refractivity contribution in [3.63, 3.8) is 0 Å². The summed E-state index contributed by atoms with van der Waals surface area (Å²) in [6.07, 6.45) is 5.01. The second-order valence-electron chi connectivity index (χ2n) is 6.59. The molecule has 3 rings (SSSR count). The molecular formula is C23H22O4. The Morgan fingerprint density at radius 3 is 1.93 bits per heavy atom. The zero-order chi connectivity index (χ0) is 19.4. The van der Waals surface area contributed by atoms with Crippen molar-refractivity contribution >= 4 is 12.2 Å². The van der Waals surface area contributed by atoms with Gasteiger partial charge in [-0.25, -0.2) is 0 Å². The molecule has 0 saturated carbocycles. The lowest BCUT2D eigenvalue weighted by Crippen LogP contribution is -1.92. The number of hydrogen-bond donors (Lipinski definition) is 4. The van der Waals surface area contributed by atoms with Crippen molar-refractivity contribution < 1.29 is 20.4 Å². The summed E-state index contributed by atoms with van der Waals surface area (Å²) >= 11 is 0. The largest absolute Gasteiger partial charge is 0.504 e. The van der Waals surface area contributed by atoms with E-state index in [0.717, 1.165) is 24.5 Å². The molecule has 0 fully saturated rings. The first-order chi connectivity index (χ1) is 12.9. The van der Waals surface area contributed by atoms with Gasteiger partial charge in [0.2, 0.25) is 0 Å². The molecule has 0 aliphatic heterocycles. The van der Waals surface area contributed by atoms with E-state index in [0.29, 0.717) is 0 Å². The van der Waals surface area contributed by atoms with Crippen LogP contribution in [-0.4, -0.2) is 20.4 Å². The molecule has 138 valence electrons. The molecule has 27 heavy (non-hydrogen) atoms. The molecule has 0 unspecified atom stereocenters. The summed E-state index contributed by atoms with van der Waals surface area (Å²) in [5.41, 5.74) is 4.57. The maximum Gasteiger partial charge on any atom is 0.168 e. The van der Waals surface area contributed by atoms with E-state index in [1.54, 1.807) is 6.08 Å². The predicted octanol–water partition coefficient (Wildman–Crippen LogP) is 4.77. The van der Waals surface area contributed by atoms with Crippen LogP contribution in [0.1, 0.15) is 27.8 Å². The van der Waals surface area contributed by atoms with Crippen LogP contribution in [0.5, 0.6) is 23.0 Å². The van der Waals surface area contributed by atoms with Crippen LogP contribution in [-0.2, 0) is 12.8 Å². The summed E-state index contributed by atoms with van der Waals surface area (Å²) in [6, 6.07) is 17.3. The van der Waals surface area contributed by atoms with E-state index >= 15 is 0 Å². The molecule has 4 N–H and O–H groups in total. The molecule has 0 spiro atoms. The summed E-state index contributed by atoms with van der Waals surface area (Å²) in [7, 11) is 0. The van der Waals surface area contributed by atoms with Crippen molar-refractivity contribution in [2.24, 2.45) is 0 Å². The van der Waals surface area contributed by atoms with Crippen molar-refractivity contribution in [1.29, 1.82) is 0 Å². The number of phenolic OH excluding ortho intramolecular Hbond substituents is 4. The molecule has 0 atom stereocenters. The summed E-state index contributed by atoms with van der Waals surface area (Å²) in [5, 5.41) is 39.0. The van der Waals surface area contributed by atoms with Gasteiger partial charge in [-0.15, -0.1) is 0 Å². The Bertz CT molecular complexity index is 963. The fourth-order valence-electron chi connectivity index (χ4n) is 3.00. The van der Waals surface area contributed by atoms with Gasteiger partial charge in [0.25, 0.3) is 0 Å². The van der Waals surface area contributed by atoms with Crippen molar-refractivity contribution in [1.82, 2.24) is 0 Å². The third-order valence-corrected chi connectivity index (χ3v) is 4.45. The van der Waals surface area contributed by atoms with Gasteiger partial charge in [0.15, 0.2) is 23.0 Å². The topological polar surface area (TPSA) is 80.9 Å². The zero-order valence-corrected chi connectivity index (χ0v) is 15.1. The Morgan fingerprint density at radius 1 is 0.704 bits per heavy atom. The van der Waals surface area contributed by atoms with Crippen LogP contribution in [0.15, 0.2) is 54.6 Å². The lowest BCUT2D eigenvalue weighted by Gasteiger charge is -2.07. The first-order valence-corrected chi connectivity index (χ1v) is 8.73. The van der Waals surface area contributed by atoms with Gasteiger partial charge in [-0.2, -0.15) is 0 Å². The molecule has 0 bridgehead atoms. The van der Waals surface area contributed by atoms with Gasteiger partial charge >= 0.3 is 0 Å². The highest BCUT2D eigenvalue weighted by Crippen LogP contribution is 2.42. The Balaban J connectivity index is 1.77. The fourth-order valence-corrected chi connectivity index (χ4v) is 3.00. The van der Waals surface area contributed by atoms with Gasteiger partial charge in [-0.05, 0) is 42.5 Å². The van der Waals surface area contributed by atoms with Gasteiger partial charge in [0.1, 0.15) is 0 Å². The average molecular weight is 362 g/mol. The number of aromatic hydroxyl groups is 4. The Kier molecular flexibility index (Phi) is 5.36. The second kappa shape index (κ2) is 7.87. The second-order valence-corrected chi connectivity index (χ2v) is 6.59. The lowest BCUT2D eigenvalue weighted by atomic mass is 10.0. The quantitative estimate of drug-likeness (QED) is 0.299. The van der Waals surface area contributed by atoms with E-state index in [-0.39, 0.29) is 5.56 Å². The summed E-state index contributed by atoms with van der Waals surface area (Å²) in [6.45, 7) is 2.08.